The van der Waals surface area contributed by atoms with Gasteiger partial charge in [-0.05, 0) is 31.3 Å². The summed E-state index contributed by atoms with van der Waals surface area (Å²) in [6.07, 6.45) is 3.76. The quantitative estimate of drug-likeness (QED) is 0.705. The fourth-order valence-corrected chi connectivity index (χ4v) is 1.69. The zero-order chi connectivity index (χ0) is 12.0. The van der Waals surface area contributed by atoms with Gasteiger partial charge >= 0.3 is 0 Å². The molecule has 0 aromatic rings. The molecule has 0 bridgehead atoms. The van der Waals surface area contributed by atoms with Crippen molar-refractivity contribution in [1.82, 2.24) is 10.2 Å². The SMILES string of the molecule is CCN(CC)CCNC1(F)C=CC(F)=CC1. The molecule has 0 radical (unpaired) electrons. The molecule has 0 heterocycles. The summed E-state index contributed by atoms with van der Waals surface area (Å²) in [5.74, 6) is -1.94. The number of rotatable bonds is 6. The minimum atomic E-state index is -1.58. The molecule has 0 aliphatic heterocycles. The van der Waals surface area contributed by atoms with Gasteiger partial charge in [0.1, 0.15) is 5.83 Å². The molecule has 0 fully saturated rings. The van der Waals surface area contributed by atoms with Crippen molar-refractivity contribution >= 4 is 0 Å². The molecule has 0 saturated heterocycles. The zero-order valence-corrected chi connectivity index (χ0v) is 9.97. The Hall–Kier alpha value is -0.740. The number of nitrogens with zero attached hydrogens (tertiary/aromatic N) is 1. The first-order chi connectivity index (χ1) is 7.59. The predicted octanol–water partition coefficient (Wildman–Crippen LogP) is 2.40. The van der Waals surface area contributed by atoms with Gasteiger partial charge in [0.2, 0.25) is 0 Å². The van der Waals surface area contributed by atoms with E-state index in [4.69, 9.17) is 0 Å². The number of hydrogen-bond acceptors (Lipinski definition) is 2. The van der Waals surface area contributed by atoms with E-state index in [0.29, 0.717) is 6.54 Å². The number of likely N-dealkylation sites (N-methyl/N-ethyl adjacent to an activating group) is 1. The minimum Gasteiger partial charge on any atom is -0.303 e. The van der Waals surface area contributed by atoms with E-state index in [1.54, 1.807) is 0 Å². The molecule has 1 unspecified atom stereocenters. The number of halogens is 2. The largest absolute Gasteiger partial charge is 0.303 e. The number of alkyl halides is 1. The average molecular weight is 230 g/mol. The fourth-order valence-electron chi connectivity index (χ4n) is 1.69. The van der Waals surface area contributed by atoms with Gasteiger partial charge in [-0.3, -0.25) is 5.32 Å². The summed E-state index contributed by atoms with van der Waals surface area (Å²) in [6.45, 7) is 7.45. The molecule has 0 aromatic heterocycles. The summed E-state index contributed by atoms with van der Waals surface area (Å²) in [5, 5.41) is 2.81. The van der Waals surface area contributed by atoms with E-state index in [9.17, 15) is 8.78 Å². The van der Waals surface area contributed by atoms with Crippen LogP contribution >= 0.6 is 0 Å². The van der Waals surface area contributed by atoms with Crippen molar-refractivity contribution in [3.63, 3.8) is 0 Å². The minimum absolute atomic E-state index is 0.0631. The Morgan fingerprint density at radius 2 is 2.12 bits per heavy atom. The van der Waals surface area contributed by atoms with E-state index < -0.39 is 5.79 Å². The van der Waals surface area contributed by atoms with Crippen molar-refractivity contribution in [2.24, 2.45) is 0 Å². The molecule has 1 rings (SSSR count). The Morgan fingerprint density at radius 1 is 1.44 bits per heavy atom. The third-order valence-electron chi connectivity index (χ3n) is 2.84. The Kier molecular flexibility index (Phi) is 5.09. The number of nitrogens with one attached hydrogen (secondary N) is 1. The van der Waals surface area contributed by atoms with Crippen molar-refractivity contribution < 1.29 is 8.78 Å². The van der Waals surface area contributed by atoms with Gasteiger partial charge in [-0.25, -0.2) is 8.78 Å². The van der Waals surface area contributed by atoms with Gasteiger partial charge in [0.05, 0.1) is 0 Å². The highest BCUT2D eigenvalue weighted by Gasteiger charge is 2.26. The maximum absolute atomic E-state index is 14.0. The second-order valence-electron chi connectivity index (χ2n) is 3.94. The summed E-state index contributed by atoms with van der Waals surface area (Å²) in [7, 11) is 0. The average Bonchev–Trinajstić information content (AvgIpc) is 2.29. The lowest BCUT2D eigenvalue weighted by atomic mass is 10.1. The van der Waals surface area contributed by atoms with Crippen LogP contribution in [-0.2, 0) is 0 Å². The van der Waals surface area contributed by atoms with Crippen molar-refractivity contribution in [3.8, 4) is 0 Å². The molecule has 16 heavy (non-hydrogen) atoms. The number of allylic oxidation sites excluding steroid dienone is 2. The van der Waals surface area contributed by atoms with Crippen LogP contribution in [0.1, 0.15) is 20.3 Å². The second kappa shape index (κ2) is 6.11. The number of hydrogen-bond donors (Lipinski definition) is 1. The monoisotopic (exact) mass is 230 g/mol. The predicted molar refractivity (Wildman–Crippen MR) is 62.6 cm³/mol. The first kappa shape index (κ1) is 13.3. The van der Waals surface area contributed by atoms with Crippen LogP contribution in [0.4, 0.5) is 8.78 Å². The van der Waals surface area contributed by atoms with Crippen LogP contribution in [0.2, 0.25) is 0 Å². The molecule has 0 aromatic carbocycles. The van der Waals surface area contributed by atoms with Gasteiger partial charge in [-0.15, -0.1) is 0 Å². The van der Waals surface area contributed by atoms with E-state index in [-0.39, 0.29) is 12.2 Å². The third kappa shape index (κ3) is 4.02. The van der Waals surface area contributed by atoms with E-state index in [0.717, 1.165) is 19.6 Å². The topological polar surface area (TPSA) is 15.3 Å². The summed E-state index contributed by atoms with van der Waals surface area (Å²) in [4.78, 5) is 2.21. The van der Waals surface area contributed by atoms with E-state index in [1.807, 2.05) is 0 Å². The molecular formula is C12H20F2N2. The highest BCUT2D eigenvalue weighted by molar-refractivity contribution is 5.22. The Morgan fingerprint density at radius 3 is 2.62 bits per heavy atom. The molecule has 4 heteroatoms. The van der Waals surface area contributed by atoms with Crippen LogP contribution in [0.3, 0.4) is 0 Å². The maximum Gasteiger partial charge on any atom is 0.184 e. The van der Waals surface area contributed by atoms with Gasteiger partial charge in [0.25, 0.3) is 0 Å². The summed E-state index contributed by atoms with van der Waals surface area (Å²) in [5.41, 5.74) is 0. The van der Waals surface area contributed by atoms with Crippen molar-refractivity contribution in [2.75, 3.05) is 26.2 Å². The van der Waals surface area contributed by atoms with E-state index in [1.165, 1.54) is 18.2 Å². The molecule has 1 atom stereocenters. The standard InChI is InChI=1S/C12H20F2N2/c1-3-16(4-2)10-9-15-12(14)7-5-11(13)6-8-12/h5-7,15H,3-4,8-10H2,1-2H3. The summed E-state index contributed by atoms with van der Waals surface area (Å²) < 4.78 is 26.6. The van der Waals surface area contributed by atoms with Crippen LogP contribution < -0.4 is 5.32 Å². The van der Waals surface area contributed by atoms with Crippen molar-refractivity contribution in [1.29, 1.82) is 0 Å². The van der Waals surface area contributed by atoms with Gasteiger partial charge in [-0.2, -0.15) is 0 Å². The molecule has 0 saturated carbocycles. The van der Waals surface area contributed by atoms with E-state index >= 15 is 0 Å². The third-order valence-corrected chi connectivity index (χ3v) is 2.84. The highest BCUT2D eigenvalue weighted by Crippen LogP contribution is 2.22. The van der Waals surface area contributed by atoms with Crippen LogP contribution in [0, 0.1) is 0 Å². The molecule has 92 valence electrons. The van der Waals surface area contributed by atoms with Crippen LogP contribution in [0.5, 0.6) is 0 Å². The second-order valence-corrected chi connectivity index (χ2v) is 3.94. The highest BCUT2D eigenvalue weighted by atomic mass is 19.1. The molecule has 2 nitrogen and oxygen atoms in total. The molecular weight excluding hydrogens is 210 g/mol. The lowest BCUT2D eigenvalue weighted by Crippen LogP contribution is -2.43. The van der Waals surface area contributed by atoms with Gasteiger partial charge in [0, 0.05) is 19.5 Å². The zero-order valence-electron chi connectivity index (χ0n) is 9.97. The first-order valence-electron chi connectivity index (χ1n) is 5.81. The maximum atomic E-state index is 14.0. The van der Waals surface area contributed by atoms with Crippen molar-refractivity contribution in [3.05, 3.63) is 24.1 Å². The molecule has 0 amide bonds. The van der Waals surface area contributed by atoms with Crippen LogP contribution in [0.25, 0.3) is 0 Å². The van der Waals surface area contributed by atoms with Gasteiger partial charge in [-0.1, -0.05) is 13.8 Å². The molecule has 1 aliphatic rings. The summed E-state index contributed by atoms with van der Waals surface area (Å²) >= 11 is 0. The Labute approximate surface area is 96.0 Å². The summed E-state index contributed by atoms with van der Waals surface area (Å²) in [6, 6.07) is 0. The normalized spacial score (nSPS) is 24.9. The molecule has 1 aliphatic carbocycles. The Bertz CT molecular complexity index is 272. The van der Waals surface area contributed by atoms with Gasteiger partial charge < -0.3 is 4.90 Å². The van der Waals surface area contributed by atoms with Crippen LogP contribution in [-0.4, -0.2) is 36.9 Å². The van der Waals surface area contributed by atoms with Crippen LogP contribution in [0.15, 0.2) is 24.1 Å². The van der Waals surface area contributed by atoms with E-state index in [2.05, 4.69) is 24.1 Å². The fraction of sp³-hybridized carbons (Fsp3) is 0.667. The van der Waals surface area contributed by atoms with Gasteiger partial charge in [0.15, 0.2) is 5.79 Å². The van der Waals surface area contributed by atoms with Crippen molar-refractivity contribution in [2.45, 2.75) is 26.1 Å². The lowest BCUT2D eigenvalue weighted by Gasteiger charge is -2.26. The smallest absolute Gasteiger partial charge is 0.184 e. The lowest BCUT2D eigenvalue weighted by molar-refractivity contribution is 0.165. The molecule has 0 spiro atoms. The molecule has 1 N–H and O–H groups in total. The first-order valence-corrected chi connectivity index (χ1v) is 5.81. The Balaban J connectivity index is 2.30.